The number of carbonyl (C=O) groups is 4. The van der Waals surface area contributed by atoms with Gasteiger partial charge in [0.1, 0.15) is 18.2 Å². The number of ether oxygens (including phenoxy) is 3. The Balaban J connectivity index is 1.55. The molecule has 1 unspecified atom stereocenters. The van der Waals surface area contributed by atoms with E-state index in [9.17, 15) is 19.2 Å². The summed E-state index contributed by atoms with van der Waals surface area (Å²) in [6, 6.07) is -2.34. The summed E-state index contributed by atoms with van der Waals surface area (Å²) in [5.41, 5.74) is -0.688. The molecule has 1 saturated carbocycles. The molecule has 2 saturated heterocycles. The van der Waals surface area contributed by atoms with Crippen LogP contribution in [0.15, 0.2) is 5.16 Å². The lowest BCUT2D eigenvalue weighted by atomic mass is 9.85. The number of oxime groups is 1. The van der Waals surface area contributed by atoms with Gasteiger partial charge in [0.25, 0.3) is 5.91 Å². The van der Waals surface area contributed by atoms with Crippen LogP contribution in [0.5, 0.6) is 0 Å². The van der Waals surface area contributed by atoms with Gasteiger partial charge < -0.3 is 39.9 Å². The highest BCUT2D eigenvalue weighted by Gasteiger charge is 2.55. The van der Waals surface area contributed by atoms with Gasteiger partial charge in [-0.1, -0.05) is 46.2 Å². The van der Waals surface area contributed by atoms with Gasteiger partial charge in [-0.15, -0.1) is 0 Å². The minimum atomic E-state index is -0.983. The first-order valence-corrected chi connectivity index (χ1v) is 15.6. The largest absolute Gasteiger partial charge is 0.444 e. The molecule has 0 aromatic carbocycles. The number of carbonyl (C=O) groups excluding carboxylic acids is 4. The Kier molecular flexibility index (Phi) is 10.6. The van der Waals surface area contributed by atoms with E-state index in [0.717, 1.165) is 18.6 Å². The molecule has 242 valence electrons. The molecule has 13 nitrogen and oxygen atoms in total. The predicted molar refractivity (Wildman–Crippen MR) is 157 cm³/mol. The summed E-state index contributed by atoms with van der Waals surface area (Å²) < 4.78 is 16.4. The third-order valence-electron chi connectivity index (χ3n) is 8.55. The highest BCUT2D eigenvalue weighted by Crippen LogP contribution is 2.39. The maximum absolute atomic E-state index is 14.3. The number of rotatable bonds is 12. The van der Waals surface area contributed by atoms with Crippen molar-refractivity contribution in [3.8, 4) is 0 Å². The average Bonchev–Trinajstić information content (AvgIpc) is 3.32. The van der Waals surface area contributed by atoms with Crippen molar-refractivity contribution in [1.29, 1.82) is 0 Å². The molecule has 3 N–H and O–H groups in total. The van der Waals surface area contributed by atoms with E-state index in [1.54, 1.807) is 0 Å². The van der Waals surface area contributed by atoms with Gasteiger partial charge in [-0.25, -0.2) is 4.79 Å². The van der Waals surface area contributed by atoms with Gasteiger partial charge in [0.2, 0.25) is 11.8 Å². The molecule has 1 spiro atoms. The highest BCUT2D eigenvalue weighted by molar-refractivity contribution is 5.94. The topological polar surface area (TPSA) is 157 Å². The Labute approximate surface area is 254 Å². The SMILES string of the molecule is CCC[C@H](NC(=O)[C@@H]1C[C@]2(CC(CC)=NO2)CN1C(=O)[C@@H](NC(=O)O[C@@H]1CCOC1)C(C)(C)C)C(OC)C(=O)NC1CC1. The first kappa shape index (κ1) is 33.0. The van der Waals surface area contributed by atoms with Gasteiger partial charge in [-0.2, -0.15) is 0 Å². The molecule has 0 aromatic heterocycles. The minimum Gasteiger partial charge on any atom is -0.444 e. The fourth-order valence-corrected chi connectivity index (χ4v) is 5.97. The van der Waals surface area contributed by atoms with Crippen LogP contribution >= 0.6 is 0 Å². The molecule has 13 heteroatoms. The van der Waals surface area contributed by atoms with Gasteiger partial charge in [0.05, 0.1) is 31.5 Å². The summed E-state index contributed by atoms with van der Waals surface area (Å²) in [5.74, 6) is -1.08. The van der Waals surface area contributed by atoms with E-state index in [4.69, 9.17) is 19.0 Å². The lowest BCUT2D eigenvalue weighted by molar-refractivity contribution is -0.143. The number of hydrogen-bond donors (Lipinski definition) is 3. The first-order chi connectivity index (χ1) is 20.4. The fraction of sp³-hybridized carbons (Fsp3) is 0.833. The van der Waals surface area contributed by atoms with Crippen molar-refractivity contribution in [1.82, 2.24) is 20.9 Å². The number of methoxy groups -OCH3 is 1. The van der Waals surface area contributed by atoms with Crippen LogP contribution in [0.3, 0.4) is 0 Å². The minimum absolute atomic E-state index is 0.130. The number of alkyl carbamates (subject to hydrolysis) is 1. The smallest absolute Gasteiger partial charge is 0.408 e. The number of hydrogen-bond acceptors (Lipinski definition) is 9. The van der Waals surface area contributed by atoms with Crippen LogP contribution in [0.2, 0.25) is 0 Å². The second kappa shape index (κ2) is 13.8. The quantitative estimate of drug-likeness (QED) is 0.304. The van der Waals surface area contributed by atoms with E-state index in [0.29, 0.717) is 45.3 Å². The molecule has 1 aliphatic carbocycles. The van der Waals surface area contributed by atoms with Gasteiger partial charge in [0.15, 0.2) is 11.7 Å². The molecule has 4 rings (SSSR count). The summed E-state index contributed by atoms with van der Waals surface area (Å²) in [6.07, 6.45) is 3.13. The summed E-state index contributed by atoms with van der Waals surface area (Å²) >= 11 is 0. The maximum Gasteiger partial charge on any atom is 0.408 e. The van der Waals surface area contributed by atoms with Gasteiger partial charge in [-0.3, -0.25) is 14.4 Å². The second-order valence-corrected chi connectivity index (χ2v) is 13.3. The number of nitrogens with one attached hydrogen (secondary N) is 3. The van der Waals surface area contributed by atoms with Crippen molar-refractivity contribution < 1.29 is 38.2 Å². The van der Waals surface area contributed by atoms with Crippen LogP contribution in [0.4, 0.5) is 4.79 Å². The molecular weight excluding hydrogens is 558 g/mol. The molecule has 0 aromatic rings. The van der Waals surface area contributed by atoms with Crippen molar-refractivity contribution in [3.05, 3.63) is 0 Å². The molecule has 3 fully saturated rings. The molecule has 0 radical (unpaired) electrons. The van der Waals surface area contributed by atoms with Gasteiger partial charge >= 0.3 is 6.09 Å². The van der Waals surface area contributed by atoms with Crippen LogP contribution < -0.4 is 16.0 Å². The zero-order valence-corrected chi connectivity index (χ0v) is 26.4. The molecule has 4 amide bonds. The Hall–Kier alpha value is -2.93. The number of likely N-dealkylation sites (tertiary alicyclic amines) is 1. The van der Waals surface area contributed by atoms with E-state index < -0.39 is 53.2 Å². The molecule has 6 atom stereocenters. The summed E-state index contributed by atoms with van der Waals surface area (Å²) in [6.45, 7) is 10.4. The van der Waals surface area contributed by atoms with Crippen molar-refractivity contribution >= 4 is 29.5 Å². The fourth-order valence-electron chi connectivity index (χ4n) is 5.97. The van der Waals surface area contributed by atoms with Crippen LogP contribution in [0.25, 0.3) is 0 Å². The Morgan fingerprint density at radius 2 is 1.88 bits per heavy atom. The molecule has 43 heavy (non-hydrogen) atoms. The molecule has 4 aliphatic rings. The van der Waals surface area contributed by atoms with Gasteiger partial charge in [0, 0.05) is 32.4 Å². The monoisotopic (exact) mass is 607 g/mol. The third kappa shape index (κ3) is 8.17. The number of amides is 4. The van der Waals surface area contributed by atoms with Crippen LogP contribution in [0, 0.1) is 5.41 Å². The molecule has 0 bridgehead atoms. The zero-order valence-electron chi connectivity index (χ0n) is 26.4. The van der Waals surface area contributed by atoms with E-state index >= 15 is 0 Å². The van der Waals surface area contributed by atoms with E-state index in [-0.39, 0.29) is 31.0 Å². The van der Waals surface area contributed by atoms with Crippen molar-refractivity contribution in [2.45, 2.75) is 128 Å². The van der Waals surface area contributed by atoms with Crippen molar-refractivity contribution in [2.75, 3.05) is 26.9 Å². The average molecular weight is 608 g/mol. The molecular formula is C30H49N5O8. The standard InChI is InChI=1S/C30H49N5O8/c1-7-9-21(23(40-6)26(37)31-19-10-11-19)32-25(36)22-15-30(14-18(8-2)34-43-30)17-35(22)27(38)24(29(3,4)5)33-28(39)42-20-12-13-41-16-20/h19-24H,7-17H2,1-6H3,(H,31,37)(H,32,36)(H,33,39)/t20-,21+,22+,23?,24-,30-/m1/s1. The van der Waals surface area contributed by atoms with E-state index in [1.807, 2.05) is 34.6 Å². The second-order valence-electron chi connectivity index (χ2n) is 13.3. The van der Waals surface area contributed by atoms with Crippen LogP contribution in [-0.4, -0.2) is 103 Å². The Morgan fingerprint density at radius 3 is 2.44 bits per heavy atom. The van der Waals surface area contributed by atoms with E-state index in [1.165, 1.54) is 12.0 Å². The normalized spacial score (nSPS) is 27.2. The van der Waals surface area contributed by atoms with Crippen LogP contribution in [-0.2, 0) is 33.4 Å². The highest BCUT2D eigenvalue weighted by atomic mass is 16.7. The van der Waals surface area contributed by atoms with E-state index in [2.05, 4.69) is 21.1 Å². The first-order valence-electron chi connectivity index (χ1n) is 15.6. The summed E-state index contributed by atoms with van der Waals surface area (Å²) in [4.78, 5) is 61.5. The van der Waals surface area contributed by atoms with Crippen molar-refractivity contribution in [3.63, 3.8) is 0 Å². The third-order valence-corrected chi connectivity index (χ3v) is 8.55. The van der Waals surface area contributed by atoms with Gasteiger partial charge in [-0.05, 0) is 31.1 Å². The van der Waals surface area contributed by atoms with Crippen molar-refractivity contribution in [2.24, 2.45) is 10.6 Å². The van der Waals surface area contributed by atoms with Crippen LogP contribution in [0.1, 0.15) is 86.0 Å². The number of nitrogens with zero attached hydrogens (tertiary/aromatic N) is 2. The predicted octanol–water partition coefficient (Wildman–Crippen LogP) is 2.02. The lowest BCUT2D eigenvalue weighted by Gasteiger charge is -2.36. The summed E-state index contributed by atoms with van der Waals surface area (Å²) in [7, 11) is 1.46. The summed E-state index contributed by atoms with van der Waals surface area (Å²) in [5, 5.41) is 13.0. The molecule has 3 aliphatic heterocycles. The Bertz CT molecular complexity index is 1070. The lowest BCUT2D eigenvalue weighted by Crippen LogP contribution is -2.60. The molecule has 3 heterocycles. The maximum atomic E-state index is 14.3. The Morgan fingerprint density at radius 1 is 1.14 bits per heavy atom. The zero-order chi connectivity index (χ0) is 31.4.